The lowest BCUT2D eigenvalue weighted by molar-refractivity contribution is -0.121. The normalized spacial score (nSPS) is 14.8. The first-order valence-electron chi connectivity index (χ1n) is 13.4. The summed E-state index contributed by atoms with van der Waals surface area (Å²) in [5.41, 5.74) is 1.69. The highest BCUT2D eigenvalue weighted by Gasteiger charge is 2.40. The lowest BCUT2D eigenvalue weighted by atomic mass is 10.1. The van der Waals surface area contributed by atoms with Gasteiger partial charge in [0.1, 0.15) is 11.4 Å². The second-order valence-corrected chi connectivity index (χ2v) is 12.7. The minimum Gasteiger partial charge on any atom is -0.496 e. The first-order chi connectivity index (χ1) is 21.6. The van der Waals surface area contributed by atoms with Crippen LogP contribution in [0.3, 0.4) is 0 Å². The zero-order valence-electron chi connectivity index (χ0n) is 23.6. The minimum absolute atomic E-state index is 0.00674. The van der Waals surface area contributed by atoms with E-state index in [4.69, 9.17) is 27.9 Å². The summed E-state index contributed by atoms with van der Waals surface area (Å²) in [5, 5.41) is 5.41. The number of thioether (sulfide) groups is 1. The van der Waals surface area contributed by atoms with Gasteiger partial charge in [0.25, 0.3) is 11.8 Å². The molecule has 0 aromatic heterocycles. The number of hydrogen-bond donors (Lipinski definition) is 2. The van der Waals surface area contributed by atoms with Gasteiger partial charge < -0.3 is 15.4 Å². The molecule has 0 spiro atoms. The number of amides is 4. The Hall–Kier alpha value is -4.09. The van der Waals surface area contributed by atoms with Gasteiger partial charge in [0.05, 0.1) is 28.1 Å². The molecule has 0 radical (unpaired) electrons. The Kier molecular flexibility index (Phi) is 10.3. The fraction of sp³-hybridized carbons (Fsp3) is 0.0909. The number of anilines is 2. The average Bonchev–Trinajstić information content (AvgIpc) is 3.30. The second-order valence-electron chi connectivity index (χ2n) is 9.72. The van der Waals surface area contributed by atoms with Gasteiger partial charge in [0.15, 0.2) is 0 Å². The molecule has 5 rings (SSSR count). The fourth-order valence-electron chi connectivity index (χ4n) is 4.52. The van der Waals surface area contributed by atoms with Crippen molar-refractivity contribution in [1.29, 1.82) is 0 Å². The summed E-state index contributed by atoms with van der Waals surface area (Å²) in [5.74, 6) is -1.28. The van der Waals surface area contributed by atoms with Gasteiger partial charge in [-0.15, -0.1) is 11.8 Å². The van der Waals surface area contributed by atoms with Crippen molar-refractivity contribution in [2.75, 3.05) is 17.3 Å². The molecular weight excluding hydrogens is 701 g/mol. The SMILES string of the molecule is COc1ccc(Br)cc1/C=C(\NC(=O)c1ccccc1)C(=O)Nc1cccc(S[C@@H]2CC(=O)N(c3ccc(Cl)c(Cl)c3)C2=O)c1. The van der Waals surface area contributed by atoms with Gasteiger partial charge in [-0.3, -0.25) is 19.2 Å². The average molecular weight is 725 g/mol. The van der Waals surface area contributed by atoms with Crippen LogP contribution in [0.1, 0.15) is 22.3 Å². The molecule has 0 aliphatic carbocycles. The number of carbonyl (C=O) groups is 4. The zero-order chi connectivity index (χ0) is 32.1. The van der Waals surface area contributed by atoms with Gasteiger partial charge in [-0.05, 0) is 72.8 Å². The summed E-state index contributed by atoms with van der Waals surface area (Å²) in [6.45, 7) is 0. The second kappa shape index (κ2) is 14.3. The van der Waals surface area contributed by atoms with Gasteiger partial charge in [-0.2, -0.15) is 0 Å². The Morgan fingerprint density at radius 2 is 1.73 bits per heavy atom. The van der Waals surface area contributed by atoms with Crippen LogP contribution in [0, 0.1) is 0 Å². The number of nitrogens with zero attached hydrogens (tertiary/aromatic N) is 1. The summed E-state index contributed by atoms with van der Waals surface area (Å²) < 4.78 is 6.21. The van der Waals surface area contributed by atoms with Crippen molar-refractivity contribution in [2.45, 2.75) is 16.6 Å². The number of imide groups is 1. The maximum Gasteiger partial charge on any atom is 0.272 e. The Bertz CT molecular complexity index is 1840. The molecule has 4 amide bonds. The molecule has 1 atom stereocenters. The van der Waals surface area contributed by atoms with Crippen molar-refractivity contribution in [2.24, 2.45) is 0 Å². The molecule has 1 saturated heterocycles. The molecule has 1 aliphatic heterocycles. The van der Waals surface area contributed by atoms with Crippen molar-refractivity contribution >= 4 is 92.0 Å². The van der Waals surface area contributed by atoms with E-state index in [1.54, 1.807) is 78.9 Å². The Labute approximate surface area is 281 Å². The van der Waals surface area contributed by atoms with Crippen LogP contribution in [-0.4, -0.2) is 36.0 Å². The van der Waals surface area contributed by atoms with E-state index in [9.17, 15) is 19.2 Å². The highest BCUT2D eigenvalue weighted by molar-refractivity contribution is 9.10. The highest BCUT2D eigenvalue weighted by atomic mass is 79.9. The molecule has 0 unspecified atom stereocenters. The topological polar surface area (TPSA) is 105 Å². The molecular formula is C33H24BrCl2N3O5S. The molecule has 1 fully saturated rings. The quantitative estimate of drug-likeness (QED) is 0.136. The molecule has 1 heterocycles. The van der Waals surface area contributed by atoms with E-state index in [0.29, 0.717) is 38.2 Å². The third-order valence-corrected chi connectivity index (χ3v) is 9.07. The number of ether oxygens (including phenoxy) is 1. The van der Waals surface area contributed by atoms with Crippen LogP contribution in [0.4, 0.5) is 11.4 Å². The monoisotopic (exact) mass is 723 g/mol. The third-order valence-electron chi connectivity index (χ3n) is 6.66. The highest BCUT2D eigenvalue weighted by Crippen LogP contribution is 2.36. The summed E-state index contributed by atoms with van der Waals surface area (Å²) in [4.78, 5) is 54.4. The molecule has 1 aliphatic rings. The Morgan fingerprint density at radius 1 is 0.956 bits per heavy atom. The van der Waals surface area contributed by atoms with Gasteiger partial charge in [0, 0.05) is 32.6 Å². The largest absolute Gasteiger partial charge is 0.496 e. The van der Waals surface area contributed by atoms with Crippen molar-refractivity contribution in [3.8, 4) is 5.75 Å². The van der Waals surface area contributed by atoms with E-state index in [1.807, 2.05) is 0 Å². The maximum atomic E-state index is 13.6. The predicted molar refractivity (Wildman–Crippen MR) is 181 cm³/mol. The van der Waals surface area contributed by atoms with E-state index < -0.39 is 17.1 Å². The number of methoxy groups -OCH3 is 1. The maximum absolute atomic E-state index is 13.6. The van der Waals surface area contributed by atoms with Crippen molar-refractivity contribution in [1.82, 2.24) is 5.32 Å². The summed E-state index contributed by atoms with van der Waals surface area (Å²) in [6.07, 6.45) is 1.52. The number of benzene rings is 4. The number of halogens is 3. The van der Waals surface area contributed by atoms with Crippen LogP contribution in [0.25, 0.3) is 6.08 Å². The van der Waals surface area contributed by atoms with Gasteiger partial charge in [-0.1, -0.05) is 63.4 Å². The molecule has 12 heteroatoms. The van der Waals surface area contributed by atoms with Crippen LogP contribution in [0.2, 0.25) is 10.0 Å². The van der Waals surface area contributed by atoms with E-state index in [1.165, 1.54) is 37.1 Å². The van der Waals surface area contributed by atoms with E-state index in [-0.39, 0.29) is 29.0 Å². The molecule has 228 valence electrons. The summed E-state index contributed by atoms with van der Waals surface area (Å²) in [7, 11) is 1.51. The summed E-state index contributed by atoms with van der Waals surface area (Å²) >= 11 is 16.7. The van der Waals surface area contributed by atoms with E-state index in [2.05, 4.69) is 26.6 Å². The van der Waals surface area contributed by atoms with Gasteiger partial charge in [0.2, 0.25) is 11.8 Å². The number of carbonyl (C=O) groups excluding carboxylic acids is 4. The van der Waals surface area contributed by atoms with Gasteiger partial charge >= 0.3 is 0 Å². The molecule has 2 N–H and O–H groups in total. The fourth-order valence-corrected chi connectivity index (χ4v) is 6.30. The van der Waals surface area contributed by atoms with Crippen LogP contribution in [-0.2, 0) is 14.4 Å². The van der Waals surface area contributed by atoms with Crippen LogP contribution in [0.15, 0.2) is 106 Å². The molecule has 0 saturated carbocycles. The van der Waals surface area contributed by atoms with Crippen LogP contribution >= 0.6 is 50.9 Å². The standard InChI is InChI=1S/C33H24BrCl2N3O5S/c1-44-28-13-10-21(34)14-20(28)15-27(38-31(41)19-6-3-2-4-7-19)32(42)37-22-8-5-9-24(16-22)45-29-18-30(40)39(33(29)43)23-11-12-25(35)26(36)17-23/h2-17,29H,18H2,1H3,(H,37,42)(H,38,41)/b27-15-/t29-/m1/s1. The Morgan fingerprint density at radius 3 is 2.47 bits per heavy atom. The van der Waals surface area contributed by atoms with Crippen molar-refractivity contribution in [3.05, 3.63) is 122 Å². The van der Waals surface area contributed by atoms with E-state index >= 15 is 0 Å². The third kappa shape index (κ3) is 7.77. The smallest absolute Gasteiger partial charge is 0.272 e. The molecule has 45 heavy (non-hydrogen) atoms. The van der Waals surface area contributed by atoms with Crippen LogP contribution < -0.4 is 20.3 Å². The first-order valence-corrected chi connectivity index (χ1v) is 15.9. The molecule has 4 aromatic rings. The lowest BCUT2D eigenvalue weighted by Crippen LogP contribution is -2.31. The van der Waals surface area contributed by atoms with Crippen LogP contribution in [0.5, 0.6) is 5.75 Å². The number of nitrogens with one attached hydrogen (secondary N) is 2. The molecule has 8 nitrogen and oxygen atoms in total. The number of rotatable bonds is 9. The Balaban J connectivity index is 1.36. The number of hydrogen-bond acceptors (Lipinski definition) is 6. The molecule has 4 aromatic carbocycles. The minimum atomic E-state index is -0.678. The van der Waals surface area contributed by atoms with Gasteiger partial charge in [-0.25, -0.2) is 4.90 Å². The van der Waals surface area contributed by atoms with Crippen molar-refractivity contribution in [3.63, 3.8) is 0 Å². The predicted octanol–water partition coefficient (Wildman–Crippen LogP) is 7.60. The lowest BCUT2D eigenvalue weighted by Gasteiger charge is -2.16. The van der Waals surface area contributed by atoms with Crippen molar-refractivity contribution < 1.29 is 23.9 Å². The molecule has 0 bridgehead atoms. The van der Waals surface area contributed by atoms with E-state index in [0.717, 1.165) is 9.37 Å². The summed E-state index contributed by atoms with van der Waals surface area (Å²) in [6, 6.07) is 25.3. The zero-order valence-corrected chi connectivity index (χ0v) is 27.5. The first kappa shape index (κ1) is 32.3.